The highest BCUT2D eigenvalue weighted by Crippen LogP contribution is 1.78. The Morgan fingerprint density at radius 3 is 2.40 bits per heavy atom. The van der Waals surface area contributed by atoms with Gasteiger partial charge in [-0.1, -0.05) is 4.91 Å². The molecule has 0 aliphatic heterocycles. The molecule has 2 rings (SSSR count). The van der Waals surface area contributed by atoms with Crippen LogP contribution in [0, 0.1) is 0 Å². The molecule has 0 aliphatic carbocycles. The maximum absolute atomic E-state index is 3.82. The predicted octanol–water partition coefficient (Wildman–Crippen LogP) is -0.819. The standard InChI is InChI=1S/C4H4N6/c1-2-7-10(6-1)9-4-3-5-8-9/h1-4H. The third kappa shape index (κ3) is 0.661. The van der Waals surface area contributed by atoms with Crippen LogP contribution in [0.4, 0.5) is 0 Å². The van der Waals surface area contributed by atoms with Crippen LogP contribution in [0.5, 0.6) is 0 Å². The van der Waals surface area contributed by atoms with E-state index in [-0.39, 0.29) is 0 Å². The molecular weight excluding hydrogens is 132 g/mol. The van der Waals surface area contributed by atoms with Gasteiger partial charge in [0.05, 0.1) is 24.8 Å². The summed E-state index contributed by atoms with van der Waals surface area (Å²) in [5.74, 6) is 0. The minimum Gasteiger partial charge on any atom is -0.138 e. The van der Waals surface area contributed by atoms with Gasteiger partial charge < -0.3 is 0 Å². The number of rotatable bonds is 1. The highest BCUT2D eigenvalue weighted by atomic mass is 15.8. The topological polar surface area (TPSA) is 61.4 Å². The monoisotopic (exact) mass is 136 g/mol. The van der Waals surface area contributed by atoms with Crippen molar-refractivity contribution in [3.8, 4) is 0 Å². The fourth-order valence-electron chi connectivity index (χ4n) is 0.612. The van der Waals surface area contributed by atoms with Gasteiger partial charge in [-0.3, -0.25) is 0 Å². The first kappa shape index (κ1) is 5.10. The number of hydrogen-bond donors (Lipinski definition) is 0. The Morgan fingerprint density at radius 2 is 1.80 bits per heavy atom. The fraction of sp³-hybridized carbons (Fsp3) is 0. The van der Waals surface area contributed by atoms with Crippen molar-refractivity contribution in [3.05, 3.63) is 24.8 Å². The summed E-state index contributed by atoms with van der Waals surface area (Å²) >= 11 is 0. The van der Waals surface area contributed by atoms with Crippen molar-refractivity contribution in [1.82, 2.24) is 30.2 Å². The van der Waals surface area contributed by atoms with E-state index in [9.17, 15) is 0 Å². The highest BCUT2D eigenvalue weighted by molar-refractivity contribution is 4.66. The van der Waals surface area contributed by atoms with Crippen molar-refractivity contribution in [2.75, 3.05) is 0 Å². The van der Waals surface area contributed by atoms with Crippen LogP contribution >= 0.6 is 0 Å². The van der Waals surface area contributed by atoms with E-state index < -0.39 is 0 Å². The second-order valence-corrected chi connectivity index (χ2v) is 1.62. The Balaban J connectivity index is 2.48. The van der Waals surface area contributed by atoms with E-state index in [0.717, 1.165) is 0 Å². The Kier molecular flexibility index (Phi) is 0.970. The molecule has 0 saturated carbocycles. The van der Waals surface area contributed by atoms with Crippen LogP contribution in [0.1, 0.15) is 0 Å². The molecule has 2 aromatic heterocycles. The van der Waals surface area contributed by atoms with Gasteiger partial charge in [0, 0.05) is 0 Å². The highest BCUT2D eigenvalue weighted by Gasteiger charge is 1.91. The second-order valence-electron chi connectivity index (χ2n) is 1.62. The molecule has 0 bridgehead atoms. The molecule has 0 aromatic carbocycles. The van der Waals surface area contributed by atoms with Crippen LogP contribution in [0.2, 0.25) is 0 Å². The lowest BCUT2D eigenvalue weighted by molar-refractivity contribution is 0.430. The van der Waals surface area contributed by atoms with E-state index in [1.165, 1.54) is 9.70 Å². The smallest absolute Gasteiger partial charge is 0.0732 e. The Labute approximate surface area is 56.0 Å². The maximum atomic E-state index is 3.82. The molecule has 0 N–H and O–H groups in total. The van der Waals surface area contributed by atoms with Crippen molar-refractivity contribution in [1.29, 1.82) is 0 Å². The zero-order valence-corrected chi connectivity index (χ0v) is 4.99. The largest absolute Gasteiger partial charge is 0.138 e. The van der Waals surface area contributed by atoms with Crippen LogP contribution in [0.25, 0.3) is 0 Å². The van der Waals surface area contributed by atoms with Crippen molar-refractivity contribution < 1.29 is 0 Å². The first-order valence-corrected chi connectivity index (χ1v) is 2.70. The van der Waals surface area contributed by atoms with Crippen LogP contribution < -0.4 is 0 Å². The van der Waals surface area contributed by atoms with E-state index in [1.807, 2.05) is 0 Å². The average Bonchev–Trinajstić information content (AvgIpc) is 2.59. The third-order valence-electron chi connectivity index (χ3n) is 1.000. The third-order valence-corrected chi connectivity index (χ3v) is 1.000. The molecule has 10 heavy (non-hydrogen) atoms. The molecule has 2 aromatic rings. The molecule has 0 atom stereocenters. The van der Waals surface area contributed by atoms with E-state index in [0.29, 0.717) is 0 Å². The molecule has 0 unspecified atom stereocenters. The molecule has 6 nitrogen and oxygen atoms in total. The SMILES string of the molecule is c1cn(-n2nccn2)nn1. The van der Waals surface area contributed by atoms with Crippen molar-refractivity contribution >= 4 is 0 Å². The Morgan fingerprint density at radius 1 is 1.00 bits per heavy atom. The first-order valence-electron chi connectivity index (χ1n) is 2.70. The van der Waals surface area contributed by atoms with E-state index in [2.05, 4.69) is 20.5 Å². The van der Waals surface area contributed by atoms with Gasteiger partial charge in [0.2, 0.25) is 0 Å². The van der Waals surface area contributed by atoms with Gasteiger partial charge in [-0.25, -0.2) is 0 Å². The first-order chi connectivity index (χ1) is 4.97. The maximum Gasteiger partial charge on any atom is 0.0732 e. The minimum absolute atomic E-state index is 1.33. The molecule has 0 spiro atoms. The summed E-state index contributed by atoms with van der Waals surface area (Å²) < 4.78 is 0. The molecule has 0 radical (unpaired) electrons. The van der Waals surface area contributed by atoms with E-state index >= 15 is 0 Å². The zero-order chi connectivity index (χ0) is 6.81. The quantitative estimate of drug-likeness (QED) is 0.514. The van der Waals surface area contributed by atoms with Gasteiger partial charge in [-0.2, -0.15) is 0 Å². The van der Waals surface area contributed by atoms with Gasteiger partial charge in [0.25, 0.3) is 0 Å². The number of hydrogen-bond acceptors (Lipinski definition) is 4. The summed E-state index contributed by atoms with van der Waals surface area (Å²) in [4.78, 5) is 2.74. The minimum atomic E-state index is 1.33. The second kappa shape index (κ2) is 1.90. The lowest BCUT2D eigenvalue weighted by Crippen LogP contribution is -2.12. The normalized spacial score (nSPS) is 10.0. The van der Waals surface area contributed by atoms with Crippen LogP contribution in [0.15, 0.2) is 24.8 Å². The molecule has 2 heterocycles. The van der Waals surface area contributed by atoms with Gasteiger partial charge in [0.1, 0.15) is 0 Å². The molecular formula is C4H4N6. The Hall–Kier alpha value is -1.72. The lowest BCUT2D eigenvalue weighted by atomic mass is 11.0. The summed E-state index contributed by atoms with van der Waals surface area (Å²) in [6.45, 7) is 0. The van der Waals surface area contributed by atoms with Crippen molar-refractivity contribution in [3.63, 3.8) is 0 Å². The molecule has 6 heteroatoms. The Bertz CT molecular complexity index is 249. The van der Waals surface area contributed by atoms with Crippen molar-refractivity contribution in [2.24, 2.45) is 0 Å². The van der Waals surface area contributed by atoms with Crippen molar-refractivity contribution in [2.45, 2.75) is 0 Å². The van der Waals surface area contributed by atoms with Crippen LogP contribution in [-0.2, 0) is 0 Å². The van der Waals surface area contributed by atoms with Gasteiger partial charge in [-0.15, -0.1) is 20.1 Å². The van der Waals surface area contributed by atoms with Gasteiger partial charge >= 0.3 is 0 Å². The summed E-state index contributed by atoms with van der Waals surface area (Å²) in [6.07, 6.45) is 6.35. The fourth-order valence-corrected chi connectivity index (χ4v) is 0.612. The summed E-state index contributed by atoms with van der Waals surface area (Å²) in [5.41, 5.74) is 0. The summed E-state index contributed by atoms with van der Waals surface area (Å²) in [5, 5.41) is 14.9. The molecule has 0 saturated heterocycles. The molecule has 0 fully saturated rings. The molecule has 50 valence electrons. The van der Waals surface area contributed by atoms with Crippen LogP contribution in [0.3, 0.4) is 0 Å². The zero-order valence-electron chi connectivity index (χ0n) is 4.99. The lowest BCUT2D eigenvalue weighted by Gasteiger charge is -1.92. The average molecular weight is 136 g/mol. The van der Waals surface area contributed by atoms with E-state index in [1.54, 1.807) is 24.8 Å². The van der Waals surface area contributed by atoms with Crippen LogP contribution in [-0.4, -0.2) is 30.2 Å². The molecule has 0 aliphatic rings. The number of nitrogens with zero attached hydrogens (tertiary/aromatic N) is 6. The summed E-state index contributed by atoms with van der Waals surface area (Å²) in [6, 6.07) is 0. The predicted molar refractivity (Wildman–Crippen MR) is 30.8 cm³/mol. The molecule has 0 amide bonds. The van der Waals surface area contributed by atoms with E-state index in [4.69, 9.17) is 0 Å². The van der Waals surface area contributed by atoms with Gasteiger partial charge in [0.15, 0.2) is 0 Å². The summed E-state index contributed by atoms with van der Waals surface area (Å²) in [7, 11) is 0. The number of aromatic nitrogens is 6. The van der Waals surface area contributed by atoms with Gasteiger partial charge in [-0.05, 0) is 5.21 Å².